The number of aromatic nitrogens is 1. The van der Waals surface area contributed by atoms with E-state index in [4.69, 9.17) is 19.1 Å². The van der Waals surface area contributed by atoms with Crippen LogP contribution >= 0.6 is 0 Å². The highest BCUT2D eigenvalue weighted by atomic mass is 16.6. The monoisotopic (exact) mass is 463 g/mol. The van der Waals surface area contributed by atoms with Crippen molar-refractivity contribution < 1.29 is 33.5 Å². The average molecular weight is 463 g/mol. The maximum atomic E-state index is 12.6. The zero-order valence-corrected chi connectivity index (χ0v) is 18.0. The first kappa shape index (κ1) is 21.7. The highest BCUT2D eigenvalue weighted by Gasteiger charge is 2.31. The van der Waals surface area contributed by atoms with Gasteiger partial charge in [-0.15, -0.1) is 0 Å². The molecule has 1 unspecified atom stereocenters. The summed E-state index contributed by atoms with van der Waals surface area (Å²) < 4.78 is 15.6. The van der Waals surface area contributed by atoms with E-state index in [1.165, 1.54) is 11.0 Å². The molecule has 2 aromatic carbocycles. The Morgan fingerprint density at radius 3 is 2.44 bits per heavy atom. The molecule has 0 saturated carbocycles. The van der Waals surface area contributed by atoms with Gasteiger partial charge in [-0.25, -0.2) is 9.59 Å². The summed E-state index contributed by atoms with van der Waals surface area (Å²) in [5.41, 5.74) is 4.38. The topological polar surface area (TPSA) is 131 Å². The van der Waals surface area contributed by atoms with Gasteiger partial charge in [0.1, 0.15) is 6.61 Å². The zero-order chi connectivity index (χ0) is 23.7. The number of benzene rings is 2. The lowest BCUT2D eigenvalue weighted by molar-refractivity contribution is -0.154. The summed E-state index contributed by atoms with van der Waals surface area (Å²) in [4.78, 5) is 37.4. The van der Waals surface area contributed by atoms with Crippen molar-refractivity contribution >= 4 is 23.9 Å². The molecule has 3 aromatic rings. The maximum absolute atomic E-state index is 12.6. The van der Waals surface area contributed by atoms with Gasteiger partial charge in [0.25, 0.3) is 5.91 Å². The fourth-order valence-corrected chi connectivity index (χ4v) is 4.32. The van der Waals surface area contributed by atoms with Crippen molar-refractivity contribution in [2.75, 3.05) is 31.6 Å². The molecule has 2 heterocycles. The van der Waals surface area contributed by atoms with Crippen molar-refractivity contribution in [2.45, 2.75) is 12.0 Å². The quantitative estimate of drug-likeness (QED) is 0.590. The lowest BCUT2D eigenvalue weighted by atomic mass is 9.98. The van der Waals surface area contributed by atoms with E-state index in [1.807, 2.05) is 36.4 Å². The minimum Gasteiger partial charge on any atom is -0.479 e. The molecule has 10 heteroatoms. The predicted octanol–water partition coefficient (Wildman–Crippen LogP) is 2.96. The molecule has 0 radical (unpaired) electrons. The van der Waals surface area contributed by atoms with Crippen LogP contribution in [0.4, 0.5) is 10.7 Å². The standard InChI is InChI=1S/C24H21N3O7/c28-22(27-9-10-32-20(12-27)23(29)30)19-11-21(34-26-19)25-24(31)33-13-18-16-7-3-1-5-14(16)15-6-2-4-8-17(15)18/h1-8,11,18,20H,9-10,12-13H2,(H,25,31)(H,29,30). The Balaban J connectivity index is 1.20. The molecule has 1 atom stereocenters. The number of carbonyl (C=O) groups excluding carboxylic acids is 2. The van der Waals surface area contributed by atoms with Gasteiger partial charge in [0.05, 0.1) is 13.2 Å². The van der Waals surface area contributed by atoms with Crippen LogP contribution in [0.2, 0.25) is 0 Å². The first-order valence-electron chi connectivity index (χ1n) is 10.7. The number of rotatable bonds is 5. The van der Waals surface area contributed by atoms with Crippen molar-refractivity contribution in [1.29, 1.82) is 0 Å². The lowest BCUT2D eigenvalue weighted by Gasteiger charge is -2.30. The number of nitrogens with one attached hydrogen (secondary N) is 1. The number of hydrogen-bond donors (Lipinski definition) is 2. The van der Waals surface area contributed by atoms with Gasteiger partial charge >= 0.3 is 12.1 Å². The Hall–Kier alpha value is -4.18. The van der Waals surface area contributed by atoms with E-state index in [0.717, 1.165) is 22.3 Å². The summed E-state index contributed by atoms with van der Waals surface area (Å²) in [6, 6.07) is 17.3. The number of fused-ring (bicyclic) bond motifs is 3. The van der Waals surface area contributed by atoms with Gasteiger partial charge in [-0.2, -0.15) is 0 Å². The number of aliphatic carboxylic acids is 1. The van der Waals surface area contributed by atoms with Crippen LogP contribution in [0.5, 0.6) is 0 Å². The molecule has 0 spiro atoms. The molecule has 1 saturated heterocycles. The maximum Gasteiger partial charge on any atom is 0.414 e. The molecule has 1 fully saturated rings. The van der Waals surface area contributed by atoms with Crippen LogP contribution in [0.25, 0.3) is 11.1 Å². The van der Waals surface area contributed by atoms with Gasteiger partial charge in [-0.05, 0) is 22.3 Å². The number of hydrogen-bond acceptors (Lipinski definition) is 7. The van der Waals surface area contributed by atoms with Crippen LogP contribution in [0.3, 0.4) is 0 Å². The Morgan fingerprint density at radius 2 is 1.76 bits per heavy atom. The Morgan fingerprint density at radius 1 is 1.09 bits per heavy atom. The van der Waals surface area contributed by atoms with Gasteiger partial charge in [0.2, 0.25) is 5.88 Å². The summed E-state index contributed by atoms with van der Waals surface area (Å²) in [6.07, 6.45) is -1.84. The fourth-order valence-electron chi connectivity index (χ4n) is 4.32. The minimum absolute atomic E-state index is 0.0522. The van der Waals surface area contributed by atoms with Gasteiger partial charge in [0, 0.05) is 18.5 Å². The molecular weight excluding hydrogens is 442 g/mol. The molecule has 2 amide bonds. The highest BCUT2D eigenvalue weighted by molar-refractivity contribution is 5.94. The largest absolute Gasteiger partial charge is 0.479 e. The Bertz CT molecular complexity index is 1210. The van der Waals surface area contributed by atoms with Gasteiger partial charge in [-0.1, -0.05) is 53.7 Å². The summed E-state index contributed by atoms with van der Waals surface area (Å²) >= 11 is 0. The summed E-state index contributed by atoms with van der Waals surface area (Å²) in [6.45, 7) is 0.357. The second-order valence-electron chi connectivity index (χ2n) is 7.98. The number of amides is 2. The van der Waals surface area contributed by atoms with E-state index in [0.29, 0.717) is 0 Å². The Kier molecular flexibility index (Phi) is 5.72. The number of anilines is 1. The van der Waals surface area contributed by atoms with E-state index >= 15 is 0 Å². The number of ether oxygens (including phenoxy) is 2. The van der Waals surface area contributed by atoms with Crippen molar-refractivity contribution in [3.05, 3.63) is 71.4 Å². The van der Waals surface area contributed by atoms with Gasteiger partial charge in [-0.3, -0.25) is 10.1 Å². The Labute approximate surface area is 194 Å². The van der Waals surface area contributed by atoms with Crippen LogP contribution in [0.1, 0.15) is 27.5 Å². The molecule has 1 aliphatic heterocycles. The number of morpholine rings is 1. The van der Waals surface area contributed by atoms with Crippen LogP contribution in [-0.2, 0) is 14.3 Å². The molecule has 5 rings (SSSR count). The molecule has 2 aliphatic rings. The normalized spacial score (nSPS) is 17.1. The zero-order valence-electron chi connectivity index (χ0n) is 18.0. The number of carbonyl (C=O) groups is 3. The van der Waals surface area contributed by atoms with Crippen LogP contribution in [0, 0.1) is 0 Å². The third-order valence-electron chi connectivity index (χ3n) is 5.93. The van der Waals surface area contributed by atoms with Crippen LogP contribution in [0.15, 0.2) is 59.1 Å². The third-order valence-corrected chi connectivity index (χ3v) is 5.93. The fraction of sp³-hybridized carbons (Fsp3) is 0.250. The molecule has 1 aliphatic carbocycles. The van der Waals surface area contributed by atoms with Gasteiger partial charge < -0.3 is 24.0 Å². The summed E-state index contributed by atoms with van der Waals surface area (Å²) in [7, 11) is 0. The highest BCUT2D eigenvalue weighted by Crippen LogP contribution is 2.44. The summed E-state index contributed by atoms with van der Waals surface area (Å²) in [5, 5.41) is 15.2. The van der Waals surface area contributed by atoms with Crippen molar-refractivity contribution in [3.63, 3.8) is 0 Å². The molecule has 34 heavy (non-hydrogen) atoms. The van der Waals surface area contributed by atoms with E-state index in [2.05, 4.69) is 22.6 Å². The average Bonchev–Trinajstić information content (AvgIpc) is 3.45. The smallest absolute Gasteiger partial charge is 0.414 e. The van der Waals surface area contributed by atoms with Crippen molar-refractivity contribution in [2.24, 2.45) is 0 Å². The van der Waals surface area contributed by atoms with E-state index in [9.17, 15) is 14.4 Å². The second kappa shape index (κ2) is 8.99. The van der Waals surface area contributed by atoms with Gasteiger partial charge in [0.15, 0.2) is 11.8 Å². The molecule has 1 aromatic heterocycles. The first-order valence-corrected chi connectivity index (χ1v) is 10.7. The first-order chi connectivity index (χ1) is 16.5. The predicted molar refractivity (Wildman–Crippen MR) is 118 cm³/mol. The number of nitrogens with zero attached hydrogens (tertiary/aromatic N) is 2. The SMILES string of the molecule is O=C(Nc1cc(C(=O)N2CCOC(C(=O)O)C2)no1)OCC1c2ccccc2-c2ccccc21. The second-order valence-corrected chi connectivity index (χ2v) is 7.98. The molecule has 2 N–H and O–H groups in total. The third kappa shape index (κ3) is 4.11. The van der Waals surface area contributed by atoms with E-state index in [1.54, 1.807) is 0 Å². The van der Waals surface area contributed by atoms with E-state index in [-0.39, 0.29) is 43.8 Å². The van der Waals surface area contributed by atoms with Crippen molar-refractivity contribution in [1.82, 2.24) is 10.1 Å². The lowest BCUT2D eigenvalue weighted by Crippen LogP contribution is -2.48. The van der Waals surface area contributed by atoms with Crippen LogP contribution in [-0.4, -0.2) is 65.5 Å². The summed E-state index contributed by atoms with van der Waals surface area (Å²) in [5.74, 6) is -1.80. The molecule has 174 valence electrons. The van der Waals surface area contributed by atoms with Crippen LogP contribution < -0.4 is 5.32 Å². The minimum atomic E-state index is -1.14. The molecular formula is C24H21N3O7. The van der Waals surface area contributed by atoms with Crippen molar-refractivity contribution in [3.8, 4) is 11.1 Å². The number of carboxylic acid groups (broad SMARTS) is 1. The number of carboxylic acids is 1. The molecule has 10 nitrogen and oxygen atoms in total. The van der Waals surface area contributed by atoms with E-state index < -0.39 is 24.1 Å². The molecule has 0 bridgehead atoms.